The Bertz CT molecular complexity index is 1140. The highest BCUT2D eigenvalue weighted by Gasteiger charge is 2.11. The lowest BCUT2D eigenvalue weighted by Crippen LogP contribution is -2.12. The highest BCUT2D eigenvalue weighted by atomic mass is 32.1. The lowest BCUT2D eigenvalue weighted by molar-refractivity contribution is 0.103. The van der Waals surface area contributed by atoms with Crippen molar-refractivity contribution >= 4 is 39.2 Å². The van der Waals surface area contributed by atoms with Crippen molar-refractivity contribution < 1.29 is 9.53 Å². The Morgan fingerprint density at radius 1 is 1.19 bits per heavy atom. The van der Waals surface area contributed by atoms with Crippen molar-refractivity contribution in [3.63, 3.8) is 0 Å². The van der Waals surface area contributed by atoms with E-state index in [1.54, 1.807) is 24.3 Å². The maximum Gasteiger partial charge on any atom is 0.299 e. The average Bonchev–Trinajstić information content (AvgIpc) is 3.23. The van der Waals surface area contributed by atoms with Gasteiger partial charge in [-0.25, -0.2) is 4.98 Å². The number of hydrogen-bond donors (Lipinski definition) is 1. The summed E-state index contributed by atoms with van der Waals surface area (Å²) < 4.78 is 6.86. The first-order valence-corrected chi connectivity index (χ1v) is 9.28. The highest BCUT2D eigenvalue weighted by molar-refractivity contribution is 7.18. The summed E-state index contributed by atoms with van der Waals surface area (Å²) >= 11 is 2.58. The first kappa shape index (κ1) is 16.4. The van der Waals surface area contributed by atoms with Crippen molar-refractivity contribution in [2.45, 2.75) is 6.92 Å². The molecular weight excluding hydrogens is 372 g/mol. The first-order valence-electron chi connectivity index (χ1n) is 7.58. The van der Waals surface area contributed by atoms with Crippen molar-refractivity contribution in [1.82, 2.24) is 14.6 Å². The zero-order valence-electron chi connectivity index (χ0n) is 13.5. The number of hydrogen-bond acceptors (Lipinski definition) is 7. The monoisotopic (exact) mass is 384 g/mol. The van der Waals surface area contributed by atoms with Crippen molar-refractivity contribution in [2.75, 3.05) is 5.32 Å². The van der Waals surface area contributed by atoms with E-state index < -0.39 is 0 Å². The summed E-state index contributed by atoms with van der Waals surface area (Å²) in [6.45, 7) is 1.90. The molecular formula is C17H12N4O3S2. The van der Waals surface area contributed by atoms with E-state index in [-0.39, 0.29) is 11.5 Å². The molecule has 9 heteroatoms. The predicted molar refractivity (Wildman–Crippen MR) is 101 cm³/mol. The summed E-state index contributed by atoms with van der Waals surface area (Å²) in [5.41, 5.74) is 1.35. The Kier molecular flexibility index (Phi) is 4.23. The topological polar surface area (TPSA) is 85.6 Å². The van der Waals surface area contributed by atoms with E-state index in [4.69, 9.17) is 4.74 Å². The Morgan fingerprint density at radius 2 is 2.00 bits per heavy atom. The van der Waals surface area contributed by atoms with Gasteiger partial charge in [0.25, 0.3) is 16.7 Å². The first-order chi connectivity index (χ1) is 12.6. The van der Waals surface area contributed by atoms with Crippen molar-refractivity contribution in [1.29, 1.82) is 0 Å². The summed E-state index contributed by atoms with van der Waals surface area (Å²) in [5, 5.41) is 9.14. The Balaban J connectivity index is 1.49. The molecule has 4 aromatic rings. The number of thiophene rings is 1. The second-order valence-electron chi connectivity index (χ2n) is 5.36. The van der Waals surface area contributed by atoms with Crippen molar-refractivity contribution in [3.8, 4) is 10.9 Å². The third-order valence-corrected chi connectivity index (χ3v) is 5.35. The molecule has 1 N–H and O–H groups in total. The van der Waals surface area contributed by atoms with E-state index in [2.05, 4.69) is 15.4 Å². The van der Waals surface area contributed by atoms with E-state index in [9.17, 15) is 9.59 Å². The SMILES string of the molecule is Cc1ccsc1C(=O)Nc1ccc(Oc2nn3c(=O)ccnc3s2)cc1. The Labute approximate surface area is 155 Å². The molecule has 0 radical (unpaired) electrons. The van der Waals surface area contributed by atoms with Crippen LogP contribution in [0.2, 0.25) is 0 Å². The fourth-order valence-corrected chi connectivity index (χ4v) is 3.84. The Hall–Kier alpha value is -3.04. The molecule has 7 nitrogen and oxygen atoms in total. The van der Waals surface area contributed by atoms with Crippen LogP contribution in [0, 0.1) is 6.92 Å². The van der Waals surface area contributed by atoms with Crippen LogP contribution in [-0.4, -0.2) is 20.5 Å². The van der Waals surface area contributed by atoms with Crippen LogP contribution in [0.5, 0.6) is 10.9 Å². The molecule has 1 amide bonds. The minimum atomic E-state index is -0.261. The summed E-state index contributed by atoms with van der Waals surface area (Å²) in [6, 6.07) is 10.2. The van der Waals surface area contributed by atoms with Gasteiger partial charge < -0.3 is 10.1 Å². The number of nitrogens with zero attached hydrogens (tertiary/aromatic N) is 3. The molecule has 0 bridgehead atoms. The van der Waals surface area contributed by atoms with Gasteiger partial charge in [0.05, 0.1) is 4.88 Å². The van der Waals surface area contributed by atoms with Crippen LogP contribution in [-0.2, 0) is 0 Å². The zero-order valence-corrected chi connectivity index (χ0v) is 15.1. The largest absolute Gasteiger partial charge is 0.430 e. The van der Waals surface area contributed by atoms with Gasteiger partial charge in [0.2, 0.25) is 4.96 Å². The van der Waals surface area contributed by atoms with E-state index >= 15 is 0 Å². The van der Waals surface area contributed by atoms with E-state index in [1.165, 1.54) is 39.5 Å². The quantitative estimate of drug-likeness (QED) is 0.581. The summed E-state index contributed by atoms with van der Waals surface area (Å²) in [7, 11) is 0. The maximum absolute atomic E-state index is 12.2. The number of rotatable bonds is 4. The third kappa shape index (κ3) is 3.22. The highest BCUT2D eigenvalue weighted by Crippen LogP contribution is 2.26. The second kappa shape index (κ2) is 6.70. The number of aryl methyl sites for hydroxylation is 1. The molecule has 0 spiro atoms. The summed E-state index contributed by atoms with van der Waals surface area (Å²) in [5.74, 6) is 0.408. The van der Waals surface area contributed by atoms with Gasteiger partial charge >= 0.3 is 0 Å². The molecule has 0 unspecified atom stereocenters. The lowest BCUT2D eigenvalue weighted by Gasteiger charge is -2.06. The number of carbonyl (C=O) groups is 1. The van der Waals surface area contributed by atoms with Gasteiger partial charge in [0.1, 0.15) is 5.75 Å². The number of amides is 1. The molecule has 0 aliphatic heterocycles. The number of nitrogens with one attached hydrogen (secondary N) is 1. The predicted octanol–water partition coefficient (Wildman–Crippen LogP) is 3.57. The maximum atomic E-state index is 12.2. The number of anilines is 1. The molecule has 130 valence electrons. The van der Waals surface area contributed by atoms with Crippen LogP contribution in [0.4, 0.5) is 5.69 Å². The fraction of sp³-hybridized carbons (Fsp3) is 0.0588. The van der Waals surface area contributed by atoms with Gasteiger partial charge in [-0.1, -0.05) is 0 Å². The fourth-order valence-electron chi connectivity index (χ4n) is 2.27. The molecule has 0 aliphatic rings. The third-order valence-electron chi connectivity index (χ3n) is 3.54. The molecule has 0 fully saturated rings. The van der Waals surface area contributed by atoms with Crippen LogP contribution < -0.4 is 15.6 Å². The van der Waals surface area contributed by atoms with Gasteiger partial charge in [-0.3, -0.25) is 9.59 Å². The van der Waals surface area contributed by atoms with E-state index in [0.29, 0.717) is 26.5 Å². The van der Waals surface area contributed by atoms with Crippen LogP contribution in [0.25, 0.3) is 4.96 Å². The normalized spacial score (nSPS) is 10.8. The van der Waals surface area contributed by atoms with Crippen LogP contribution in [0.15, 0.2) is 52.8 Å². The van der Waals surface area contributed by atoms with Crippen LogP contribution >= 0.6 is 22.7 Å². The van der Waals surface area contributed by atoms with Gasteiger partial charge in [0, 0.05) is 18.0 Å². The van der Waals surface area contributed by atoms with Crippen LogP contribution in [0.3, 0.4) is 0 Å². The van der Waals surface area contributed by atoms with Crippen molar-refractivity contribution in [2.24, 2.45) is 0 Å². The summed E-state index contributed by atoms with van der Waals surface area (Å²) in [6.07, 6.45) is 1.44. The average molecular weight is 384 g/mol. The number of carbonyl (C=O) groups excluding carboxylic acids is 1. The zero-order chi connectivity index (χ0) is 18.1. The van der Waals surface area contributed by atoms with Gasteiger partial charge in [-0.15, -0.1) is 16.4 Å². The molecule has 0 saturated heterocycles. The second-order valence-corrected chi connectivity index (χ2v) is 7.19. The van der Waals surface area contributed by atoms with Crippen LogP contribution in [0.1, 0.15) is 15.2 Å². The van der Waals surface area contributed by atoms with E-state index in [1.807, 2.05) is 18.4 Å². The van der Waals surface area contributed by atoms with E-state index in [0.717, 1.165) is 5.56 Å². The molecule has 3 aromatic heterocycles. The molecule has 0 saturated carbocycles. The molecule has 0 atom stereocenters. The van der Waals surface area contributed by atoms with Crippen molar-refractivity contribution in [3.05, 3.63) is 68.8 Å². The molecule has 4 rings (SSSR count). The van der Waals surface area contributed by atoms with Gasteiger partial charge in [0.15, 0.2) is 0 Å². The number of ether oxygens (including phenoxy) is 1. The standard InChI is InChI=1S/C17H12N4O3S2/c1-10-7-9-25-14(10)15(23)19-11-2-4-12(5-3-11)24-17-20-21-13(22)6-8-18-16(21)26-17/h2-9H,1H3,(H,19,23). The number of benzene rings is 1. The molecule has 1 aromatic carbocycles. The molecule has 0 aliphatic carbocycles. The smallest absolute Gasteiger partial charge is 0.299 e. The number of aromatic nitrogens is 3. The molecule has 26 heavy (non-hydrogen) atoms. The molecule has 3 heterocycles. The van der Waals surface area contributed by atoms with Gasteiger partial charge in [-0.05, 0) is 59.5 Å². The minimum Gasteiger partial charge on any atom is -0.430 e. The Morgan fingerprint density at radius 3 is 2.69 bits per heavy atom. The lowest BCUT2D eigenvalue weighted by atomic mass is 10.2. The minimum absolute atomic E-state index is 0.136. The van der Waals surface area contributed by atoms with Gasteiger partial charge in [-0.2, -0.15) is 4.52 Å². The number of fused-ring (bicyclic) bond motifs is 1. The summed E-state index contributed by atoms with van der Waals surface area (Å²) in [4.78, 5) is 29.1.